The lowest BCUT2D eigenvalue weighted by atomic mass is 10.1. The normalized spacial score (nSPS) is 12.4. The van der Waals surface area contributed by atoms with Gasteiger partial charge in [-0.25, -0.2) is 0 Å². The van der Waals surface area contributed by atoms with Crippen molar-refractivity contribution in [1.82, 2.24) is 5.32 Å². The number of aliphatic hydroxyl groups excluding tert-OH is 1. The molecule has 0 aromatic heterocycles. The number of anilines is 1. The van der Waals surface area contributed by atoms with Gasteiger partial charge in [-0.05, 0) is 30.0 Å². The minimum absolute atomic E-state index is 0.0941. The van der Waals surface area contributed by atoms with Crippen LogP contribution < -0.4 is 11.1 Å². The molecule has 1 atom stereocenters. The van der Waals surface area contributed by atoms with Crippen LogP contribution in [-0.2, 0) is 11.2 Å². The highest BCUT2D eigenvalue weighted by Crippen LogP contribution is 2.07. The largest absolute Gasteiger partial charge is 0.399 e. The van der Waals surface area contributed by atoms with Gasteiger partial charge in [-0.15, -0.1) is 0 Å². The van der Waals surface area contributed by atoms with Gasteiger partial charge in [0.1, 0.15) is 0 Å². The molecular weight excluding hydrogens is 228 g/mol. The smallest absolute Gasteiger partial charge is 0.224 e. The van der Waals surface area contributed by atoms with Crippen LogP contribution in [0.1, 0.15) is 25.8 Å². The lowest BCUT2D eigenvalue weighted by molar-refractivity contribution is -0.120. The van der Waals surface area contributed by atoms with E-state index in [0.29, 0.717) is 31.0 Å². The van der Waals surface area contributed by atoms with Crippen molar-refractivity contribution < 1.29 is 9.90 Å². The topological polar surface area (TPSA) is 75.3 Å². The molecule has 100 valence electrons. The summed E-state index contributed by atoms with van der Waals surface area (Å²) in [5, 5.41) is 12.4. The maximum absolute atomic E-state index is 11.7. The van der Waals surface area contributed by atoms with E-state index in [1.54, 1.807) is 12.1 Å². The highest BCUT2D eigenvalue weighted by Gasteiger charge is 2.09. The molecule has 0 saturated carbocycles. The first-order valence-electron chi connectivity index (χ1n) is 6.26. The molecule has 0 bridgehead atoms. The fourth-order valence-electron chi connectivity index (χ4n) is 1.81. The van der Waals surface area contributed by atoms with Crippen LogP contribution in [-0.4, -0.2) is 23.7 Å². The van der Waals surface area contributed by atoms with Gasteiger partial charge in [0, 0.05) is 12.2 Å². The lowest BCUT2D eigenvalue weighted by Crippen LogP contribution is -2.33. The first-order valence-corrected chi connectivity index (χ1v) is 6.26. The molecule has 0 aliphatic rings. The standard InChI is InChI=1S/C14H22N2O2/c1-10(2)6-13(17)9-16-14(18)8-11-4-3-5-12(15)7-11/h3-5,7,10,13,17H,6,8-9,15H2,1-2H3,(H,16,18). The van der Waals surface area contributed by atoms with Gasteiger partial charge >= 0.3 is 0 Å². The average molecular weight is 250 g/mol. The zero-order valence-corrected chi connectivity index (χ0v) is 11.0. The summed E-state index contributed by atoms with van der Waals surface area (Å²) in [6.07, 6.45) is 0.507. The first kappa shape index (κ1) is 14.5. The van der Waals surface area contributed by atoms with Crippen LogP contribution in [0.5, 0.6) is 0 Å². The third-order valence-corrected chi connectivity index (χ3v) is 2.59. The van der Waals surface area contributed by atoms with Crippen LogP contribution in [0.2, 0.25) is 0 Å². The van der Waals surface area contributed by atoms with Gasteiger partial charge in [0.15, 0.2) is 0 Å². The fourth-order valence-corrected chi connectivity index (χ4v) is 1.81. The summed E-state index contributed by atoms with van der Waals surface area (Å²) >= 11 is 0. The minimum Gasteiger partial charge on any atom is -0.399 e. The molecule has 1 aromatic rings. The van der Waals surface area contributed by atoms with E-state index in [-0.39, 0.29) is 5.91 Å². The monoisotopic (exact) mass is 250 g/mol. The minimum atomic E-state index is -0.477. The summed E-state index contributed by atoms with van der Waals surface area (Å²) in [6.45, 7) is 4.38. The van der Waals surface area contributed by atoms with Crippen molar-refractivity contribution in [2.75, 3.05) is 12.3 Å². The van der Waals surface area contributed by atoms with Gasteiger partial charge < -0.3 is 16.2 Å². The van der Waals surface area contributed by atoms with E-state index in [1.807, 2.05) is 26.0 Å². The molecule has 0 saturated heterocycles. The van der Waals surface area contributed by atoms with E-state index in [1.165, 1.54) is 0 Å². The Morgan fingerprint density at radius 1 is 1.44 bits per heavy atom. The Labute approximate surface area is 108 Å². The molecule has 1 rings (SSSR count). The van der Waals surface area contributed by atoms with Gasteiger partial charge in [-0.3, -0.25) is 4.79 Å². The number of carbonyl (C=O) groups is 1. The average Bonchev–Trinajstić information content (AvgIpc) is 2.25. The molecule has 0 heterocycles. The highest BCUT2D eigenvalue weighted by atomic mass is 16.3. The lowest BCUT2D eigenvalue weighted by Gasteiger charge is -2.13. The molecule has 4 N–H and O–H groups in total. The number of aliphatic hydroxyl groups is 1. The number of nitrogens with two attached hydrogens (primary N) is 1. The van der Waals surface area contributed by atoms with Crippen LogP contribution in [0.25, 0.3) is 0 Å². The van der Waals surface area contributed by atoms with E-state index in [9.17, 15) is 9.90 Å². The van der Waals surface area contributed by atoms with Gasteiger partial charge in [0.2, 0.25) is 5.91 Å². The predicted octanol–water partition coefficient (Wildman–Crippen LogP) is 1.33. The van der Waals surface area contributed by atoms with E-state index in [2.05, 4.69) is 5.32 Å². The second kappa shape index (κ2) is 7.01. The summed E-state index contributed by atoms with van der Waals surface area (Å²) in [5.41, 5.74) is 7.17. The maximum atomic E-state index is 11.7. The van der Waals surface area contributed by atoms with Crippen LogP contribution >= 0.6 is 0 Å². The highest BCUT2D eigenvalue weighted by molar-refractivity contribution is 5.78. The molecular formula is C14H22N2O2. The summed E-state index contributed by atoms with van der Waals surface area (Å²) in [7, 11) is 0. The van der Waals surface area contributed by atoms with Gasteiger partial charge in [0.25, 0.3) is 0 Å². The SMILES string of the molecule is CC(C)CC(O)CNC(=O)Cc1cccc(N)c1. The van der Waals surface area contributed by atoms with E-state index in [0.717, 1.165) is 5.56 Å². The fraction of sp³-hybridized carbons (Fsp3) is 0.500. The number of nitrogen functional groups attached to an aromatic ring is 1. The Bertz CT molecular complexity index is 391. The first-order chi connectivity index (χ1) is 8.47. The number of amides is 1. The molecule has 0 fully saturated rings. The Balaban J connectivity index is 2.34. The van der Waals surface area contributed by atoms with Crippen molar-refractivity contribution in [3.8, 4) is 0 Å². The Morgan fingerprint density at radius 2 is 2.17 bits per heavy atom. The maximum Gasteiger partial charge on any atom is 0.224 e. The number of hydrogen-bond acceptors (Lipinski definition) is 3. The zero-order chi connectivity index (χ0) is 13.5. The summed E-state index contributed by atoms with van der Waals surface area (Å²) in [6, 6.07) is 7.25. The molecule has 1 amide bonds. The van der Waals surface area contributed by atoms with Crippen molar-refractivity contribution in [1.29, 1.82) is 0 Å². The van der Waals surface area contributed by atoms with Gasteiger partial charge in [-0.2, -0.15) is 0 Å². The van der Waals surface area contributed by atoms with Crippen molar-refractivity contribution in [3.63, 3.8) is 0 Å². The molecule has 18 heavy (non-hydrogen) atoms. The number of benzene rings is 1. The summed E-state index contributed by atoms with van der Waals surface area (Å²) in [4.78, 5) is 11.7. The molecule has 1 unspecified atom stereocenters. The third-order valence-electron chi connectivity index (χ3n) is 2.59. The van der Waals surface area contributed by atoms with Crippen molar-refractivity contribution in [3.05, 3.63) is 29.8 Å². The molecule has 4 heteroatoms. The summed E-state index contributed by atoms with van der Waals surface area (Å²) < 4.78 is 0. The predicted molar refractivity (Wildman–Crippen MR) is 73.0 cm³/mol. The van der Waals surface area contributed by atoms with Crippen LogP contribution in [0.15, 0.2) is 24.3 Å². The molecule has 0 aliphatic heterocycles. The second-order valence-corrected chi connectivity index (χ2v) is 5.01. The molecule has 4 nitrogen and oxygen atoms in total. The molecule has 0 radical (unpaired) electrons. The Morgan fingerprint density at radius 3 is 2.78 bits per heavy atom. The second-order valence-electron chi connectivity index (χ2n) is 5.01. The van der Waals surface area contributed by atoms with Gasteiger partial charge in [0.05, 0.1) is 12.5 Å². The van der Waals surface area contributed by atoms with Crippen molar-refractivity contribution >= 4 is 11.6 Å². The van der Waals surface area contributed by atoms with E-state index < -0.39 is 6.10 Å². The van der Waals surface area contributed by atoms with Gasteiger partial charge in [-0.1, -0.05) is 26.0 Å². The van der Waals surface area contributed by atoms with Crippen LogP contribution in [0.3, 0.4) is 0 Å². The van der Waals surface area contributed by atoms with Crippen molar-refractivity contribution in [2.45, 2.75) is 32.8 Å². The van der Waals surface area contributed by atoms with Crippen LogP contribution in [0, 0.1) is 5.92 Å². The van der Waals surface area contributed by atoms with Crippen LogP contribution in [0.4, 0.5) is 5.69 Å². The summed E-state index contributed by atoms with van der Waals surface area (Å²) in [5.74, 6) is 0.328. The number of nitrogens with one attached hydrogen (secondary N) is 1. The number of hydrogen-bond donors (Lipinski definition) is 3. The molecule has 0 spiro atoms. The van der Waals surface area contributed by atoms with E-state index in [4.69, 9.17) is 5.73 Å². The van der Waals surface area contributed by atoms with E-state index >= 15 is 0 Å². The Hall–Kier alpha value is -1.55. The zero-order valence-electron chi connectivity index (χ0n) is 11.0. The third kappa shape index (κ3) is 5.68. The molecule has 1 aromatic carbocycles. The van der Waals surface area contributed by atoms with Crippen molar-refractivity contribution in [2.24, 2.45) is 5.92 Å². The molecule has 0 aliphatic carbocycles. The number of rotatable bonds is 6. The Kier molecular flexibility index (Phi) is 5.65. The number of carbonyl (C=O) groups excluding carboxylic acids is 1. The quantitative estimate of drug-likeness (QED) is 0.667.